The van der Waals surface area contributed by atoms with Gasteiger partial charge in [0.05, 0.1) is 0 Å². The molecule has 1 aromatic carbocycles. The summed E-state index contributed by atoms with van der Waals surface area (Å²) in [4.78, 5) is 2.44. The van der Waals surface area contributed by atoms with Gasteiger partial charge < -0.3 is 10.2 Å². The Morgan fingerprint density at radius 1 is 1.29 bits per heavy atom. The molecule has 2 rings (SSSR count). The zero-order valence-corrected chi connectivity index (χ0v) is 13.4. The fraction of sp³-hybridized carbons (Fsp3) is 0.667. The summed E-state index contributed by atoms with van der Waals surface area (Å²) in [5, 5.41) is 3.31. The summed E-state index contributed by atoms with van der Waals surface area (Å²) in [6, 6.07) is 7.18. The molecule has 0 bridgehead atoms. The minimum Gasteiger partial charge on any atom is -0.313 e. The predicted octanol–water partition coefficient (Wildman–Crippen LogP) is 3.99. The fourth-order valence-corrected chi connectivity index (χ4v) is 3.45. The third-order valence-electron chi connectivity index (χ3n) is 4.69. The molecule has 1 aliphatic carbocycles. The van der Waals surface area contributed by atoms with Crippen LogP contribution < -0.4 is 5.32 Å². The molecule has 0 aliphatic heterocycles. The van der Waals surface area contributed by atoms with E-state index >= 15 is 0 Å². The van der Waals surface area contributed by atoms with Gasteiger partial charge in [0.15, 0.2) is 0 Å². The second kappa shape index (κ2) is 8.50. The first kappa shape index (κ1) is 16.4. The molecule has 0 saturated heterocycles. The Bertz CT molecular complexity index is 415. The lowest BCUT2D eigenvalue weighted by atomic mass is 9.89. The van der Waals surface area contributed by atoms with Gasteiger partial charge in [-0.05, 0) is 63.5 Å². The van der Waals surface area contributed by atoms with Crippen molar-refractivity contribution in [2.45, 2.75) is 44.6 Å². The minimum atomic E-state index is -0.150. The van der Waals surface area contributed by atoms with Crippen LogP contribution in [0, 0.1) is 11.7 Å². The highest BCUT2D eigenvalue weighted by Gasteiger charge is 2.16. The number of halogens is 1. The lowest BCUT2D eigenvalue weighted by molar-refractivity contribution is 0.225. The van der Waals surface area contributed by atoms with E-state index in [1.165, 1.54) is 44.7 Å². The standard InChI is InChI=1S/C18H29FN2/c1-20-18(16-9-6-10-17(19)13-16)11-12-21(2)14-15-7-4-3-5-8-15/h6,9-10,13,15,18,20H,3-5,7-8,11-12,14H2,1-2H3. The minimum absolute atomic E-state index is 0.150. The van der Waals surface area contributed by atoms with Crippen molar-refractivity contribution < 1.29 is 4.39 Å². The summed E-state index contributed by atoms with van der Waals surface area (Å²) in [6.07, 6.45) is 8.03. The topological polar surface area (TPSA) is 15.3 Å². The Hall–Kier alpha value is -0.930. The lowest BCUT2D eigenvalue weighted by Gasteiger charge is -2.28. The van der Waals surface area contributed by atoms with Crippen molar-refractivity contribution in [3.05, 3.63) is 35.6 Å². The Balaban J connectivity index is 1.79. The largest absolute Gasteiger partial charge is 0.313 e. The molecule has 0 aromatic heterocycles. The normalized spacial score (nSPS) is 18.1. The molecule has 1 N–H and O–H groups in total. The van der Waals surface area contributed by atoms with Crippen LogP contribution in [-0.4, -0.2) is 32.1 Å². The molecule has 1 unspecified atom stereocenters. The quantitative estimate of drug-likeness (QED) is 0.817. The molecule has 21 heavy (non-hydrogen) atoms. The molecule has 3 heteroatoms. The van der Waals surface area contributed by atoms with E-state index in [-0.39, 0.29) is 11.9 Å². The van der Waals surface area contributed by atoms with E-state index in [0.717, 1.165) is 24.4 Å². The Labute approximate surface area is 128 Å². The maximum atomic E-state index is 13.3. The monoisotopic (exact) mass is 292 g/mol. The lowest BCUT2D eigenvalue weighted by Crippen LogP contribution is -2.30. The molecule has 1 atom stereocenters. The number of benzene rings is 1. The molecule has 0 spiro atoms. The number of hydrogen-bond donors (Lipinski definition) is 1. The Kier molecular flexibility index (Phi) is 6.65. The van der Waals surface area contributed by atoms with Gasteiger partial charge in [-0.3, -0.25) is 0 Å². The third-order valence-corrected chi connectivity index (χ3v) is 4.69. The highest BCUT2D eigenvalue weighted by molar-refractivity contribution is 5.20. The smallest absolute Gasteiger partial charge is 0.123 e. The summed E-state index contributed by atoms with van der Waals surface area (Å²) in [7, 11) is 4.17. The summed E-state index contributed by atoms with van der Waals surface area (Å²) in [6.45, 7) is 2.26. The van der Waals surface area contributed by atoms with Crippen LogP contribution in [0.3, 0.4) is 0 Å². The maximum absolute atomic E-state index is 13.3. The van der Waals surface area contributed by atoms with Gasteiger partial charge in [0.25, 0.3) is 0 Å². The number of nitrogens with zero attached hydrogens (tertiary/aromatic N) is 1. The van der Waals surface area contributed by atoms with E-state index in [4.69, 9.17) is 0 Å². The molecule has 1 saturated carbocycles. The Morgan fingerprint density at radius 3 is 2.71 bits per heavy atom. The molecule has 1 aromatic rings. The van der Waals surface area contributed by atoms with Crippen LogP contribution in [0.2, 0.25) is 0 Å². The molecule has 0 amide bonds. The maximum Gasteiger partial charge on any atom is 0.123 e. The summed E-state index contributed by atoms with van der Waals surface area (Å²) < 4.78 is 13.3. The van der Waals surface area contributed by atoms with Gasteiger partial charge in [0, 0.05) is 12.6 Å². The van der Waals surface area contributed by atoms with Gasteiger partial charge >= 0.3 is 0 Å². The van der Waals surface area contributed by atoms with Crippen molar-refractivity contribution in [2.24, 2.45) is 5.92 Å². The molecule has 0 heterocycles. The van der Waals surface area contributed by atoms with E-state index in [1.807, 2.05) is 13.1 Å². The van der Waals surface area contributed by atoms with Crippen LogP contribution in [0.25, 0.3) is 0 Å². The first-order valence-electron chi connectivity index (χ1n) is 8.30. The summed E-state index contributed by atoms with van der Waals surface area (Å²) >= 11 is 0. The molecule has 118 valence electrons. The van der Waals surface area contributed by atoms with Gasteiger partial charge in [-0.15, -0.1) is 0 Å². The van der Waals surface area contributed by atoms with Gasteiger partial charge in [0.2, 0.25) is 0 Å². The van der Waals surface area contributed by atoms with Crippen molar-refractivity contribution in [1.82, 2.24) is 10.2 Å². The average Bonchev–Trinajstić information content (AvgIpc) is 2.49. The second-order valence-corrected chi connectivity index (χ2v) is 6.45. The first-order valence-corrected chi connectivity index (χ1v) is 8.30. The average molecular weight is 292 g/mol. The van der Waals surface area contributed by atoms with Gasteiger partial charge in [-0.25, -0.2) is 4.39 Å². The van der Waals surface area contributed by atoms with Crippen LogP contribution >= 0.6 is 0 Å². The zero-order chi connectivity index (χ0) is 15.1. The van der Waals surface area contributed by atoms with Crippen molar-refractivity contribution in [1.29, 1.82) is 0 Å². The highest BCUT2D eigenvalue weighted by atomic mass is 19.1. The highest BCUT2D eigenvalue weighted by Crippen LogP contribution is 2.24. The SMILES string of the molecule is CNC(CCN(C)CC1CCCCC1)c1cccc(F)c1. The van der Waals surface area contributed by atoms with Gasteiger partial charge in [0.1, 0.15) is 5.82 Å². The van der Waals surface area contributed by atoms with Crippen LogP contribution in [0.1, 0.15) is 50.1 Å². The number of hydrogen-bond acceptors (Lipinski definition) is 2. The van der Waals surface area contributed by atoms with Gasteiger partial charge in [-0.2, -0.15) is 0 Å². The molecular formula is C18H29FN2. The molecule has 0 radical (unpaired) electrons. The van der Waals surface area contributed by atoms with E-state index < -0.39 is 0 Å². The number of nitrogens with one attached hydrogen (secondary N) is 1. The van der Waals surface area contributed by atoms with Crippen LogP contribution in [0.15, 0.2) is 24.3 Å². The fourth-order valence-electron chi connectivity index (χ4n) is 3.45. The summed E-state index contributed by atoms with van der Waals surface area (Å²) in [5.74, 6) is 0.731. The summed E-state index contributed by atoms with van der Waals surface area (Å²) in [5.41, 5.74) is 1.04. The Morgan fingerprint density at radius 2 is 2.05 bits per heavy atom. The first-order chi connectivity index (χ1) is 10.2. The zero-order valence-electron chi connectivity index (χ0n) is 13.4. The third kappa shape index (κ3) is 5.40. The van der Waals surface area contributed by atoms with E-state index in [1.54, 1.807) is 12.1 Å². The van der Waals surface area contributed by atoms with Crippen LogP contribution in [0.5, 0.6) is 0 Å². The molecule has 1 fully saturated rings. The van der Waals surface area contributed by atoms with E-state index in [2.05, 4.69) is 17.3 Å². The van der Waals surface area contributed by atoms with Crippen molar-refractivity contribution in [2.75, 3.05) is 27.2 Å². The molecule has 1 aliphatic rings. The van der Waals surface area contributed by atoms with Crippen molar-refractivity contribution in [3.63, 3.8) is 0 Å². The number of rotatable bonds is 7. The van der Waals surface area contributed by atoms with Crippen LogP contribution in [-0.2, 0) is 0 Å². The second-order valence-electron chi connectivity index (χ2n) is 6.45. The van der Waals surface area contributed by atoms with Crippen molar-refractivity contribution in [3.8, 4) is 0 Å². The molecule has 2 nitrogen and oxygen atoms in total. The predicted molar refractivity (Wildman–Crippen MR) is 86.9 cm³/mol. The van der Waals surface area contributed by atoms with Crippen LogP contribution in [0.4, 0.5) is 4.39 Å². The molecular weight excluding hydrogens is 263 g/mol. The van der Waals surface area contributed by atoms with Gasteiger partial charge in [-0.1, -0.05) is 31.4 Å². The van der Waals surface area contributed by atoms with Crippen molar-refractivity contribution >= 4 is 0 Å². The van der Waals surface area contributed by atoms with E-state index in [9.17, 15) is 4.39 Å². The van der Waals surface area contributed by atoms with E-state index in [0.29, 0.717) is 0 Å².